The first-order valence-electron chi connectivity index (χ1n) is 7.26. The summed E-state index contributed by atoms with van der Waals surface area (Å²) in [5, 5.41) is 5.98. The number of Topliss-reactive ketones (excluding diaryl/α,β-unsaturated/α-hetero) is 2. The molecule has 0 bridgehead atoms. The fraction of sp³-hybridized carbons (Fsp3) is 0.176. The SMILES string of the molecule is Cc1ccc(Cc2c[nH]c(CC(=O)C(=O)c3ncn[nH]3)c2)cc1. The summed E-state index contributed by atoms with van der Waals surface area (Å²) in [4.78, 5) is 30.6. The largest absolute Gasteiger partial charge is 0.364 e. The number of carbonyl (C=O) groups excluding carboxylic acids is 2. The molecule has 0 spiro atoms. The molecular formula is C17H16N4O2. The van der Waals surface area contributed by atoms with Crippen molar-refractivity contribution in [2.45, 2.75) is 19.8 Å². The van der Waals surface area contributed by atoms with Gasteiger partial charge in [0, 0.05) is 11.9 Å². The van der Waals surface area contributed by atoms with Gasteiger partial charge in [0.1, 0.15) is 6.33 Å². The summed E-state index contributed by atoms with van der Waals surface area (Å²) < 4.78 is 0. The summed E-state index contributed by atoms with van der Waals surface area (Å²) in [6.07, 6.45) is 3.87. The molecule has 1 aromatic carbocycles. The zero-order valence-corrected chi connectivity index (χ0v) is 12.7. The third kappa shape index (κ3) is 3.60. The molecule has 6 nitrogen and oxygen atoms in total. The molecule has 0 aliphatic heterocycles. The number of benzene rings is 1. The molecule has 2 aromatic heterocycles. The van der Waals surface area contributed by atoms with Crippen LogP contribution in [-0.2, 0) is 17.6 Å². The maximum absolute atomic E-state index is 12.0. The van der Waals surface area contributed by atoms with Crippen molar-refractivity contribution in [1.29, 1.82) is 0 Å². The molecule has 3 rings (SSSR count). The van der Waals surface area contributed by atoms with Crippen molar-refractivity contribution in [1.82, 2.24) is 20.2 Å². The molecule has 0 aliphatic carbocycles. The van der Waals surface area contributed by atoms with E-state index in [4.69, 9.17) is 0 Å². The van der Waals surface area contributed by atoms with Gasteiger partial charge in [0.2, 0.25) is 5.78 Å². The van der Waals surface area contributed by atoms with Crippen LogP contribution >= 0.6 is 0 Å². The van der Waals surface area contributed by atoms with Gasteiger partial charge in [-0.3, -0.25) is 14.7 Å². The molecule has 116 valence electrons. The Hall–Kier alpha value is -3.02. The van der Waals surface area contributed by atoms with Gasteiger partial charge >= 0.3 is 0 Å². The first-order chi connectivity index (χ1) is 11.1. The second kappa shape index (κ2) is 6.39. The van der Waals surface area contributed by atoms with E-state index in [0.717, 1.165) is 12.0 Å². The highest BCUT2D eigenvalue weighted by molar-refractivity contribution is 6.43. The van der Waals surface area contributed by atoms with Crippen LogP contribution in [-0.4, -0.2) is 31.7 Å². The quantitative estimate of drug-likeness (QED) is 0.538. The van der Waals surface area contributed by atoms with E-state index < -0.39 is 11.6 Å². The summed E-state index contributed by atoms with van der Waals surface area (Å²) in [6.45, 7) is 2.05. The standard InChI is InChI=1S/C17H16N4O2/c1-11-2-4-12(5-3-11)6-13-7-14(18-9-13)8-15(22)16(23)17-19-10-20-21-17/h2-5,7,9-10,18H,6,8H2,1H3,(H,19,20,21). The van der Waals surface area contributed by atoms with Crippen molar-refractivity contribution >= 4 is 11.6 Å². The lowest BCUT2D eigenvalue weighted by molar-refractivity contribution is -0.114. The van der Waals surface area contributed by atoms with E-state index >= 15 is 0 Å². The Balaban J connectivity index is 1.64. The van der Waals surface area contributed by atoms with Crippen LogP contribution in [0.25, 0.3) is 0 Å². The minimum absolute atomic E-state index is 0.0213. The van der Waals surface area contributed by atoms with Crippen LogP contribution in [0.2, 0.25) is 0 Å². The molecule has 23 heavy (non-hydrogen) atoms. The van der Waals surface area contributed by atoms with Crippen LogP contribution in [0.4, 0.5) is 0 Å². The van der Waals surface area contributed by atoms with Gasteiger partial charge in [0.15, 0.2) is 5.82 Å². The number of aromatic nitrogens is 4. The van der Waals surface area contributed by atoms with Crippen molar-refractivity contribution in [2.24, 2.45) is 0 Å². The van der Waals surface area contributed by atoms with E-state index in [1.807, 2.05) is 12.3 Å². The normalized spacial score (nSPS) is 10.7. The smallest absolute Gasteiger partial charge is 0.265 e. The number of H-pyrrole nitrogens is 2. The predicted molar refractivity (Wildman–Crippen MR) is 84.2 cm³/mol. The van der Waals surface area contributed by atoms with Crippen LogP contribution < -0.4 is 0 Å². The number of carbonyl (C=O) groups is 2. The Morgan fingerprint density at radius 3 is 2.61 bits per heavy atom. The third-order valence-electron chi connectivity index (χ3n) is 3.57. The highest BCUT2D eigenvalue weighted by atomic mass is 16.2. The molecule has 0 radical (unpaired) electrons. The van der Waals surface area contributed by atoms with Gasteiger partial charge < -0.3 is 4.98 Å². The molecule has 2 heterocycles. The van der Waals surface area contributed by atoms with Gasteiger partial charge in [0.25, 0.3) is 5.78 Å². The maximum Gasteiger partial charge on any atom is 0.265 e. The first kappa shape index (κ1) is 14.9. The molecular weight excluding hydrogens is 292 g/mol. The van der Waals surface area contributed by atoms with E-state index in [2.05, 4.69) is 51.4 Å². The van der Waals surface area contributed by atoms with E-state index in [0.29, 0.717) is 5.69 Å². The monoisotopic (exact) mass is 308 g/mol. The number of hydrogen-bond acceptors (Lipinski definition) is 4. The Morgan fingerprint density at radius 2 is 1.91 bits per heavy atom. The summed E-state index contributed by atoms with van der Waals surface area (Å²) in [5.41, 5.74) is 4.21. The second-order valence-electron chi connectivity index (χ2n) is 5.46. The van der Waals surface area contributed by atoms with Crippen molar-refractivity contribution < 1.29 is 9.59 Å². The Bertz CT molecular complexity index is 817. The Morgan fingerprint density at radius 1 is 1.13 bits per heavy atom. The molecule has 0 unspecified atom stereocenters. The average molecular weight is 308 g/mol. The summed E-state index contributed by atoms with van der Waals surface area (Å²) in [7, 11) is 0. The summed E-state index contributed by atoms with van der Waals surface area (Å²) >= 11 is 0. The number of ketones is 2. The molecule has 0 aliphatic rings. The fourth-order valence-corrected chi connectivity index (χ4v) is 2.34. The average Bonchev–Trinajstić information content (AvgIpc) is 3.21. The maximum atomic E-state index is 12.0. The summed E-state index contributed by atoms with van der Waals surface area (Å²) in [5.74, 6) is -1.20. The van der Waals surface area contributed by atoms with Crippen molar-refractivity contribution in [3.05, 3.63) is 71.1 Å². The van der Waals surface area contributed by atoms with E-state index in [-0.39, 0.29) is 12.2 Å². The highest BCUT2D eigenvalue weighted by Crippen LogP contribution is 2.13. The molecule has 2 N–H and O–H groups in total. The van der Waals surface area contributed by atoms with Crippen LogP contribution in [0.15, 0.2) is 42.9 Å². The van der Waals surface area contributed by atoms with Gasteiger partial charge in [-0.05, 0) is 30.5 Å². The first-order valence-corrected chi connectivity index (χ1v) is 7.26. The molecule has 6 heteroatoms. The predicted octanol–water partition coefficient (Wildman–Crippen LogP) is 2.03. The minimum atomic E-state index is -0.655. The molecule has 0 saturated carbocycles. The van der Waals surface area contributed by atoms with E-state index in [9.17, 15) is 9.59 Å². The van der Waals surface area contributed by atoms with E-state index in [1.165, 1.54) is 17.5 Å². The van der Waals surface area contributed by atoms with Crippen LogP contribution in [0.5, 0.6) is 0 Å². The van der Waals surface area contributed by atoms with Crippen LogP contribution in [0, 0.1) is 6.92 Å². The lowest BCUT2D eigenvalue weighted by Gasteiger charge is -1.99. The topological polar surface area (TPSA) is 91.5 Å². The molecule has 0 fully saturated rings. The number of nitrogens with zero attached hydrogens (tertiary/aromatic N) is 2. The molecule has 3 aromatic rings. The molecule has 0 saturated heterocycles. The van der Waals surface area contributed by atoms with Crippen LogP contribution in [0.1, 0.15) is 33.0 Å². The van der Waals surface area contributed by atoms with Gasteiger partial charge in [-0.25, -0.2) is 4.98 Å². The van der Waals surface area contributed by atoms with Crippen molar-refractivity contribution in [3.8, 4) is 0 Å². The van der Waals surface area contributed by atoms with Gasteiger partial charge in [-0.1, -0.05) is 29.8 Å². The van der Waals surface area contributed by atoms with Gasteiger partial charge in [-0.2, -0.15) is 5.10 Å². The number of aryl methyl sites for hydroxylation is 1. The van der Waals surface area contributed by atoms with Crippen molar-refractivity contribution in [3.63, 3.8) is 0 Å². The number of aromatic amines is 2. The Labute approximate surface area is 133 Å². The zero-order valence-electron chi connectivity index (χ0n) is 12.7. The number of nitrogens with one attached hydrogen (secondary N) is 2. The van der Waals surface area contributed by atoms with Gasteiger partial charge in [-0.15, -0.1) is 0 Å². The third-order valence-corrected chi connectivity index (χ3v) is 3.57. The second-order valence-corrected chi connectivity index (χ2v) is 5.46. The minimum Gasteiger partial charge on any atom is -0.364 e. The fourth-order valence-electron chi connectivity index (χ4n) is 2.34. The lowest BCUT2D eigenvalue weighted by Crippen LogP contribution is -2.18. The molecule has 0 amide bonds. The van der Waals surface area contributed by atoms with E-state index in [1.54, 1.807) is 0 Å². The van der Waals surface area contributed by atoms with Gasteiger partial charge in [0.05, 0.1) is 6.42 Å². The Kier molecular flexibility index (Phi) is 4.14. The number of hydrogen-bond donors (Lipinski definition) is 2. The van der Waals surface area contributed by atoms with Crippen molar-refractivity contribution in [2.75, 3.05) is 0 Å². The lowest BCUT2D eigenvalue weighted by atomic mass is 10.1. The number of rotatable bonds is 6. The molecule has 0 atom stereocenters. The zero-order chi connectivity index (χ0) is 16.2. The van der Waals surface area contributed by atoms with Crippen LogP contribution in [0.3, 0.4) is 0 Å². The highest BCUT2D eigenvalue weighted by Gasteiger charge is 2.19. The summed E-state index contributed by atoms with van der Waals surface area (Å²) in [6, 6.07) is 10.2.